The summed E-state index contributed by atoms with van der Waals surface area (Å²) < 4.78 is 43.0. The normalized spacial score (nSPS) is 12.3. The highest BCUT2D eigenvalue weighted by molar-refractivity contribution is 6.30. The Labute approximate surface area is 159 Å². The lowest BCUT2D eigenvalue weighted by Gasteiger charge is -2.17. The van der Waals surface area contributed by atoms with Gasteiger partial charge in [-0.15, -0.1) is 0 Å². The van der Waals surface area contributed by atoms with Gasteiger partial charge in [0.15, 0.2) is 0 Å². The van der Waals surface area contributed by atoms with E-state index in [0.717, 1.165) is 12.1 Å². The van der Waals surface area contributed by atoms with Crippen molar-refractivity contribution in [1.29, 1.82) is 0 Å². The number of benzene rings is 2. The molecule has 2 aromatic carbocycles. The molecular weight excluding hydrogens is 383 g/mol. The molecular formula is C19H17ClF3NO3. The number of nitrogens with one attached hydrogen (secondary N) is 1. The lowest BCUT2D eigenvalue weighted by atomic mass is 10.0. The lowest BCUT2D eigenvalue weighted by molar-refractivity contribution is -0.145. The summed E-state index contributed by atoms with van der Waals surface area (Å²) in [6, 6.07) is 10.3. The first-order valence-electron chi connectivity index (χ1n) is 7.97. The summed E-state index contributed by atoms with van der Waals surface area (Å²) in [7, 11) is 1.19. The van der Waals surface area contributed by atoms with Gasteiger partial charge in [-0.05, 0) is 29.3 Å². The van der Waals surface area contributed by atoms with Crippen molar-refractivity contribution in [3.63, 3.8) is 0 Å². The highest BCUT2D eigenvalue weighted by atomic mass is 35.5. The molecule has 0 aliphatic rings. The molecule has 2 aromatic rings. The number of amides is 1. The van der Waals surface area contributed by atoms with E-state index >= 15 is 0 Å². The van der Waals surface area contributed by atoms with E-state index in [1.807, 2.05) is 0 Å². The van der Waals surface area contributed by atoms with E-state index in [-0.39, 0.29) is 18.4 Å². The maximum Gasteiger partial charge on any atom is 0.416 e. The van der Waals surface area contributed by atoms with E-state index in [0.29, 0.717) is 10.6 Å². The molecule has 0 fully saturated rings. The van der Waals surface area contributed by atoms with Crippen molar-refractivity contribution in [3.05, 3.63) is 70.2 Å². The molecule has 8 heteroatoms. The number of methoxy groups -OCH3 is 1. The minimum atomic E-state index is -4.49. The van der Waals surface area contributed by atoms with Crippen LogP contribution in [0.15, 0.2) is 48.5 Å². The van der Waals surface area contributed by atoms with Crippen molar-refractivity contribution in [1.82, 2.24) is 5.32 Å². The first kappa shape index (κ1) is 20.8. The SMILES string of the molecule is COC(=O)[C@@H](Cc1cccc(Cl)c1)NC(=O)Cc1cccc(C(F)(F)F)c1. The summed E-state index contributed by atoms with van der Waals surface area (Å²) in [4.78, 5) is 24.2. The van der Waals surface area contributed by atoms with Crippen molar-refractivity contribution in [2.45, 2.75) is 25.1 Å². The van der Waals surface area contributed by atoms with Crippen molar-refractivity contribution < 1.29 is 27.5 Å². The van der Waals surface area contributed by atoms with Crippen LogP contribution in [0.2, 0.25) is 5.02 Å². The first-order valence-corrected chi connectivity index (χ1v) is 8.34. The Balaban J connectivity index is 2.09. The highest BCUT2D eigenvalue weighted by Crippen LogP contribution is 2.29. The van der Waals surface area contributed by atoms with Crippen LogP contribution in [0, 0.1) is 0 Å². The smallest absolute Gasteiger partial charge is 0.416 e. The number of carbonyl (C=O) groups is 2. The van der Waals surface area contributed by atoms with Gasteiger partial charge in [0, 0.05) is 11.4 Å². The second-order valence-corrected chi connectivity index (χ2v) is 6.29. The fourth-order valence-corrected chi connectivity index (χ4v) is 2.74. The number of halogens is 4. The molecule has 0 aliphatic heterocycles. The van der Waals surface area contributed by atoms with Gasteiger partial charge in [0.05, 0.1) is 19.1 Å². The predicted molar refractivity (Wildman–Crippen MR) is 94.3 cm³/mol. The van der Waals surface area contributed by atoms with Gasteiger partial charge < -0.3 is 10.1 Å². The second kappa shape index (κ2) is 8.90. The third kappa shape index (κ3) is 6.29. The standard InChI is InChI=1S/C19H17ClF3NO3/c1-27-18(26)16(10-13-5-3-7-15(20)9-13)24-17(25)11-12-4-2-6-14(8-12)19(21,22)23/h2-9,16H,10-11H2,1H3,(H,24,25)/t16-/m1/s1. The Morgan fingerprint density at radius 1 is 1.11 bits per heavy atom. The van der Waals surface area contributed by atoms with Gasteiger partial charge in [-0.25, -0.2) is 4.79 Å². The van der Waals surface area contributed by atoms with E-state index in [9.17, 15) is 22.8 Å². The van der Waals surface area contributed by atoms with Gasteiger partial charge in [-0.1, -0.05) is 41.9 Å². The topological polar surface area (TPSA) is 55.4 Å². The summed E-state index contributed by atoms with van der Waals surface area (Å²) in [6.45, 7) is 0. The molecule has 0 radical (unpaired) electrons. The molecule has 0 spiro atoms. The van der Waals surface area contributed by atoms with Crippen molar-refractivity contribution in [3.8, 4) is 0 Å². The fourth-order valence-electron chi connectivity index (χ4n) is 2.52. The van der Waals surface area contributed by atoms with Gasteiger partial charge in [-0.2, -0.15) is 13.2 Å². The fraction of sp³-hybridized carbons (Fsp3) is 0.263. The molecule has 0 aliphatic carbocycles. The van der Waals surface area contributed by atoms with Gasteiger partial charge in [0.2, 0.25) is 5.91 Å². The number of hydrogen-bond donors (Lipinski definition) is 1. The molecule has 0 saturated carbocycles. The Kier molecular flexibility index (Phi) is 6.85. The minimum absolute atomic E-state index is 0.140. The van der Waals surface area contributed by atoms with Crippen LogP contribution in [-0.4, -0.2) is 25.0 Å². The van der Waals surface area contributed by atoms with Crippen LogP contribution in [-0.2, 0) is 33.3 Å². The van der Waals surface area contributed by atoms with E-state index in [1.54, 1.807) is 24.3 Å². The zero-order chi connectivity index (χ0) is 20.0. The average molecular weight is 400 g/mol. The molecule has 0 heterocycles. The van der Waals surface area contributed by atoms with Crippen molar-refractivity contribution >= 4 is 23.5 Å². The summed E-state index contributed by atoms with van der Waals surface area (Å²) >= 11 is 5.91. The van der Waals surface area contributed by atoms with Crippen LogP contribution in [0.25, 0.3) is 0 Å². The monoisotopic (exact) mass is 399 g/mol. The molecule has 27 heavy (non-hydrogen) atoms. The first-order chi connectivity index (χ1) is 12.7. The largest absolute Gasteiger partial charge is 0.467 e. The van der Waals surface area contributed by atoms with Gasteiger partial charge >= 0.3 is 12.1 Å². The summed E-state index contributed by atoms with van der Waals surface area (Å²) in [5, 5.41) is 2.98. The molecule has 144 valence electrons. The molecule has 2 rings (SSSR count). The molecule has 1 atom stereocenters. The Hall–Kier alpha value is -2.54. The van der Waals surface area contributed by atoms with E-state index in [2.05, 4.69) is 5.32 Å². The van der Waals surface area contributed by atoms with Crippen LogP contribution in [0.4, 0.5) is 13.2 Å². The maximum absolute atomic E-state index is 12.8. The molecule has 0 aromatic heterocycles. The van der Waals surface area contributed by atoms with Gasteiger partial charge in [0.25, 0.3) is 0 Å². The summed E-state index contributed by atoms with van der Waals surface area (Å²) in [5.74, 6) is -1.25. The zero-order valence-corrected chi connectivity index (χ0v) is 15.1. The van der Waals surface area contributed by atoms with Crippen LogP contribution in [0.3, 0.4) is 0 Å². The number of esters is 1. The number of rotatable bonds is 6. The lowest BCUT2D eigenvalue weighted by Crippen LogP contribution is -2.43. The zero-order valence-electron chi connectivity index (χ0n) is 14.3. The average Bonchev–Trinajstić information content (AvgIpc) is 2.60. The Morgan fingerprint density at radius 2 is 1.78 bits per heavy atom. The third-order valence-electron chi connectivity index (χ3n) is 3.77. The van der Waals surface area contributed by atoms with Gasteiger partial charge in [0.1, 0.15) is 6.04 Å². The highest BCUT2D eigenvalue weighted by Gasteiger charge is 2.30. The third-order valence-corrected chi connectivity index (χ3v) is 4.00. The van der Waals surface area contributed by atoms with E-state index in [1.165, 1.54) is 19.2 Å². The Bertz CT molecular complexity index is 824. The van der Waals surface area contributed by atoms with E-state index in [4.69, 9.17) is 16.3 Å². The minimum Gasteiger partial charge on any atom is -0.467 e. The van der Waals surface area contributed by atoms with Crippen LogP contribution >= 0.6 is 11.6 Å². The molecule has 1 N–H and O–H groups in total. The maximum atomic E-state index is 12.8. The number of ether oxygens (including phenoxy) is 1. The number of hydrogen-bond acceptors (Lipinski definition) is 3. The van der Waals surface area contributed by atoms with Gasteiger partial charge in [-0.3, -0.25) is 4.79 Å². The summed E-state index contributed by atoms with van der Waals surface area (Å²) in [6.07, 6.45) is -4.65. The van der Waals surface area contributed by atoms with Crippen LogP contribution < -0.4 is 5.32 Å². The molecule has 4 nitrogen and oxygen atoms in total. The van der Waals surface area contributed by atoms with Crippen LogP contribution in [0.5, 0.6) is 0 Å². The molecule has 1 amide bonds. The number of alkyl halides is 3. The molecule has 0 unspecified atom stereocenters. The van der Waals surface area contributed by atoms with Crippen molar-refractivity contribution in [2.75, 3.05) is 7.11 Å². The quantitative estimate of drug-likeness (QED) is 0.752. The Morgan fingerprint density at radius 3 is 2.41 bits per heavy atom. The second-order valence-electron chi connectivity index (χ2n) is 5.85. The summed E-state index contributed by atoms with van der Waals surface area (Å²) in [5.41, 5.74) is 0.0576. The molecule has 0 bridgehead atoms. The van der Waals surface area contributed by atoms with Crippen molar-refractivity contribution in [2.24, 2.45) is 0 Å². The van der Waals surface area contributed by atoms with Crippen LogP contribution in [0.1, 0.15) is 16.7 Å². The number of carbonyl (C=O) groups excluding carboxylic acids is 2. The molecule has 0 saturated heterocycles. The predicted octanol–water partition coefficient (Wildman–Crippen LogP) is 3.80. The van der Waals surface area contributed by atoms with E-state index < -0.39 is 29.7 Å².